The highest BCUT2D eigenvalue weighted by atomic mass is 16.7. The molecule has 1 aliphatic rings. The Bertz CT molecular complexity index is 233. The molecule has 1 unspecified atom stereocenters. The molecular weight excluding hydrogens is 196 g/mol. The summed E-state index contributed by atoms with van der Waals surface area (Å²) >= 11 is 0. The molecule has 1 rings (SSSR count). The van der Waals surface area contributed by atoms with Crippen LogP contribution in [0.3, 0.4) is 0 Å². The van der Waals surface area contributed by atoms with Gasteiger partial charge in [0.15, 0.2) is 0 Å². The van der Waals surface area contributed by atoms with Gasteiger partial charge in [0, 0.05) is 5.92 Å². The van der Waals surface area contributed by atoms with Crippen molar-refractivity contribution in [3.63, 3.8) is 0 Å². The van der Waals surface area contributed by atoms with Gasteiger partial charge in [-0.05, 0) is 0 Å². The molecule has 1 heterocycles. The normalized spacial score (nSPS) is 19.1. The van der Waals surface area contributed by atoms with Gasteiger partial charge >= 0.3 is 5.97 Å². The lowest BCUT2D eigenvalue weighted by atomic mass is 10.2. The fourth-order valence-corrected chi connectivity index (χ4v) is 0.859. The molecule has 0 amide bonds. The van der Waals surface area contributed by atoms with E-state index < -0.39 is 5.97 Å². The van der Waals surface area contributed by atoms with Crippen molar-refractivity contribution < 1.29 is 19.4 Å². The largest absolute Gasteiger partial charge is 0.481 e. The van der Waals surface area contributed by atoms with Gasteiger partial charge in [-0.3, -0.25) is 4.79 Å². The van der Waals surface area contributed by atoms with Crippen LogP contribution in [0, 0.1) is 5.92 Å². The highest BCUT2D eigenvalue weighted by Gasteiger charge is 2.22. The van der Waals surface area contributed by atoms with Crippen LogP contribution in [0.2, 0.25) is 0 Å². The highest BCUT2D eigenvalue weighted by molar-refractivity contribution is 5.68. The summed E-state index contributed by atoms with van der Waals surface area (Å²) < 4.78 is 10.4. The van der Waals surface area contributed by atoms with Crippen molar-refractivity contribution in [1.82, 2.24) is 0 Å². The smallest absolute Gasteiger partial charge is 0.307 e. The number of hydrogen-bond donors (Lipinski definition) is 1. The van der Waals surface area contributed by atoms with E-state index in [-0.39, 0.29) is 12.7 Å². The molecule has 0 aromatic carbocycles. The molecule has 86 valence electrons. The summed E-state index contributed by atoms with van der Waals surface area (Å²) in [5.41, 5.74) is 0. The van der Waals surface area contributed by atoms with Crippen molar-refractivity contribution in [3.8, 4) is 0 Å². The summed E-state index contributed by atoms with van der Waals surface area (Å²) in [6.07, 6.45) is 1.35. The maximum absolute atomic E-state index is 9.53. The van der Waals surface area contributed by atoms with Crippen LogP contribution in [0.25, 0.3) is 0 Å². The summed E-state index contributed by atoms with van der Waals surface area (Å²) in [6, 6.07) is 0. The van der Waals surface area contributed by atoms with Crippen molar-refractivity contribution in [2.75, 3.05) is 6.61 Å². The molecular formula is C11H18O4. The molecule has 0 radical (unpaired) electrons. The van der Waals surface area contributed by atoms with Crippen molar-refractivity contribution in [2.45, 2.75) is 26.6 Å². The maximum atomic E-state index is 9.53. The molecule has 4 heteroatoms. The molecule has 0 bridgehead atoms. The molecule has 0 aromatic heterocycles. The number of rotatable bonds is 3. The van der Waals surface area contributed by atoms with E-state index in [9.17, 15) is 4.79 Å². The molecule has 0 aliphatic carbocycles. The predicted octanol–water partition coefficient (Wildman–Crippen LogP) is 2.18. The van der Waals surface area contributed by atoms with Crippen molar-refractivity contribution in [3.05, 3.63) is 25.0 Å². The maximum Gasteiger partial charge on any atom is 0.307 e. The Hall–Kier alpha value is -1.29. The van der Waals surface area contributed by atoms with Crippen LogP contribution >= 0.6 is 0 Å². The molecule has 4 nitrogen and oxygen atoms in total. The Morgan fingerprint density at radius 3 is 2.47 bits per heavy atom. The zero-order valence-electron chi connectivity index (χ0n) is 9.23. The molecule has 1 fully saturated rings. The molecule has 0 spiro atoms. The Labute approximate surface area is 90.2 Å². The van der Waals surface area contributed by atoms with E-state index >= 15 is 0 Å². The van der Waals surface area contributed by atoms with E-state index in [0.29, 0.717) is 12.5 Å². The third-order valence-electron chi connectivity index (χ3n) is 1.55. The van der Waals surface area contributed by atoms with Crippen LogP contribution in [0.1, 0.15) is 20.3 Å². The fourth-order valence-electron chi connectivity index (χ4n) is 0.859. The number of aliphatic carboxylic acids is 1. The van der Waals surface area contributed by atoms with Crippen molar-refractivity contribution >= 4 is 5.97 Å². The SMILES string of the molecule is C=C1COC(C(C)C)O1.C=CCC(=O)O. The minimum absolute atomic E-state index is 0.0556. The predicted molar refractivity (Wildman–Crippen MR) is 57.3 cm³/mol. The third-order valence-corrected chi connectivity index (χ3v) is 1.55. The van der Waals surface area contributed by atoms with E-state index in [1.165, 1.54) is 6.08 Å². The zero-order chi connectivity index (χ0) is 11.8. The monoisotopic (exact) mass is 214 g/mol. The summed E-state index contributed by atoms with van der Waals surface area (Å²) in [4.78, 5) is 9.53. The van der Waals surface area contributed by atoms with Crippen LogP contribution in [-0.2, 0) is 14.3 Å². The molecule has 1 atom stereocenters. The van der Waals surface area contributed by atoms with E-state index in [1.54, 1.807) is 0 Å². The molecule has 15 heavy (non-hydrogen) atoms. The van der Waals surface area contributed by atoms with Gasteiger partial charge in [0.05, 0.1) is 6.42 Å². The average Bonchev–Trinajstić information content (AvgIpc) is 2.52. The number of hydrogen-bond acceptors (Lipinski definition) is 3. The van der Waals surface area contributed by atoms with Gasteiger partial charge < -0.3 is 14.6 Å². The van der Waals surface area contributed by atoms with Gasteiger partial charge in [0.2, 0.25) is 6.29 Å². The number of carboxylic acid groups (broad SMARTS) is 1. The van der Waals surface area contributed by atoms with Crippen LogP contribution in [0.5, 0.6) is 0 Å². The first-order chi connectivity index (χ1) is 6.97. The second kappa shape index (κ2) is 7.06. The lowest BCUT2D eigenvalue weighted by molar-refractivity contribution is -0.135. The van der Waals surface area contributed by atoms with Gasteiger partial charge in [-0.15, -0.1) is 6.58 Å². The first kappa shape index (κ1) is 13.7. The fraction of sp³-hybridized carbons (Fsp3) is 0.545. The topological polar surface area (TPSA) is 55.8 Å². The second-order valence-electron chi connectivity index (χ2n) is 3.47. The summed E-state index contributed by atoms with van der Waals surface area (Å²) in [5, 5.41) is 7.84. The van der Waals surface area contributed by atoms with Crippen LogP contribution < -0.4 is 0 Å². The summed E-state index contributed by atoms with van der Waals surface area (Å²) in [6.45, 7) is 11.5. The van der Waals surface area contributed by atoms with Gasteiger partial charge in [-0.1, -0.05) is 26.5 Å². The zero-order valence-corrected chi connectivity index (χ0v) is 9.23. The number of carbonyl (C=O) groups is 1. The number of carboxylic acids is 1. The quantitative estimate of drug-likeness (QED) is 0.731. The van der Waals surface area contributed by atoms with Crippen molar-refractivity contribution in [1.29, 1.82) is 0 Å². The number of ether oxygens (including phenoxy) is 2. The van der Waals surface area contributed by atoms with Gasteiger partial charge in [-0.2, -0.15) is 0 Å². The van der Waals surface area contributed by atoms with E-state index in [2.05, 4.69) is 27.0 Å². The third kappa shape index (κ3) is 6.74. The van der Waals surface area contributed by atoms with Crippen LogP contribution in [0.15, 0.2) is 25.0 Å². The Balaban J connectivity index is 0.000000288. The van der Waals surface area contributed by atoms with E-state index in [4.69, 9.17) is 14.6 Å². The van der Waals surface area contributed by atoms with E-state index in [0.717, 1.165) is 5.76 Å². The average molecular weight is 214 g/mol. The summed E-state index contributed by atoms with van der Waals surface area (Å²) in [7, 11) is 0. The highest BCUT2D eigenvalue weighted by Crippen LogP contribution is 2.18. The Kier molecular flexibility index (Phi) is 6.45. The van der Waals surface area contributed by atoms with Gasteiger partial charge in [0.25, 0.3) is 0 Å². The lowest BCUT2D eigenvalue weighted by Crippen LogP contribution is -2.14. The first-order valence-electron chi connectivity index (χ1n) is 4.76. The minimum Gasteiger partial charge on any atom is -0.481 e. The second-order valence-corrected chi connectivity index (χ2v) is 3.47. The molecule has 1 saturated heterocycles. The van der Waals surface area contributed by atoms with Crippen LogP contribution in [-0.4, -0.2) is 24.0 Å². The first-order valence-corrected chi connectivity index (χ1v) is 4.76. The molecule has 0 saturated carbocycles. The Morgan fingerprint density at radius 2 is 2.33 bits per heavy atom. The molecule has 1 aliphatic heterocycles. The van der Waals surface area contributed by atoms with Crippen molar-refractivity contribution in [2.24, 2.45) is 5.92 Å². The molecule has 0 aromatic rings. The van der Waals surface area contributed by atoms with Crippen LogP contribution in [0.4, 0.5) is 0 Å². The lowest BCUT2D eigenvalue weighted by Gasteiger charge is -2.11. The summed E-state index contributed by atoms with van der Waals surface area (Å²) in [5.74, 6) is 0.336. The molecule has 1 N–H and O–H groups in total. The van der Waals surface area contributed by atoms with E-state index in [1.807, 2.05) is 0 Å². The minimum atomic E-state index is -0.829. The van der Waals surface area contributed by atoms with Gasteiger partial charge in [0.1, 0.15) is 12.4 Å². The van der Waals surface area contributed by atoms with Gasteiger partial charge in [-0.25, -0.2) is 0 Å². The standard InChI is InChI=1S/C7H12O2.C4H6O2/c1-5(2)7-8-4-6(3)9-7;1-2-3-4(5)6/h5,7H,3-4H2,1-2H3;2H,1,3H2,(H,5,6). The Morgan fingerprint density at radius 1 is 1.73 bits per heavy atom.